The number of nitrogen functional groups attached to an aromatic ring is 1. The maximum absolute atomic E-state index is 14.5. The van der Waals surface area contributed by atoms with Gasteiger partial charge in [-0.25, -0.2) is 14.4 Å². The van der Waals surface area contributed by atoms with Gasteiger partial charge in [0.15, 0.2) is 5.13 Å². The topological polar surface area (TPSA) is 133 Å². The van der Waals surface area contributed by atoms with Crippen LogP contribution in [-0.4, -0.2) is 41.1 Å². The van der Waals surface area contributed by atoms with Gasteiger partial charge in [-0.15, -0.1) is 0 Å². The van der Waals surface area contributed by atoms with Crippen LogP contribution in [0, 0.1) is 5.82 Å². The first-order chi connectivity index (χ1) is 19.3. The molecule has 2 aromatic heterocycles. The number of nitrogens with one attached hydrogen (secondary N) is 1. The van der Waals surface area contributed by atoms with Gasteiger partial charge in [-0.05, 0) is 48.9 Å². The number of hydrogen-bond acceptors (Lipinski definition) is 7. The Bertz CT molecular complexity index is 1680. The highest BCUT2D eigenvalue weighted by molar-refractivity contribution is 7.22. The molecule has 4 aromatic rings. The fraction of sp³-hybridized carbons (Fsp3) is 0.259. The van der Waals surface area contributed by atoms with E-state index in [0.29, 0.717) is 10.2 Å². The molecular weight excluding hydrogens is 586 g/mol. The van der Waals surface area contributed by atoms with E-state index in [1.165, 1.54) is 24.3 Å². The Labute approximate surface area is 239 Å². The Hall–Kier alpha value is -3.97. The van der Waals surface area contributed by atoms with Crippen molar-refractivity contribution in [3.63, 3.8) is 0 Å². The summed E-state index contributed by atoms with van der Waals surface area (Å²) in [6.07, 6.45) is -4.70. The molecule has 0 saturated carbocycles. The predicted molar refractivity (Wildman–Crippen MR) is 146 cm³/mol. The zero-order valence-electron chi connectivity index (χ0n) is 21.3. The Morgan fingerprint density at radius 1 is 1.20 bits per heavy atom. The van der Waals surface area contributed by atoms with Gasteiger partial charge in [0.25, 0.3) is 5.91 Å². The Morgan fingerprint density at radius 2 is 1.90 bits per heavy atom. The number of benzene rings is 2. The van der Waals surface area contributed by atoms with Crippen LogP contribution in [0.1, 0.15) is 40.9 Å². The number of rotatable bonds is 7. The van der Waals surface area contributed by atoms with Gasteiger partial charge in [-0.2, -0.15) is 13.2 Å². The lowest BCUT2D eigenvalue weighted by Gasteiger charge is -2.25. The first-order valence-corrected chi connectivity index (χ1v) is 13.5. The van der Waals surface area contributed by atoms with Crippen LogP contribution in [0.3, 0.4) is 0 Å². The third kappa shape index (κ3) is 5.15. The summed E-state index contributed by atoms with van der Waals surface area (Å²) in [6, 6.07) is 8.83. The number of carbonyl (C=O) groups excluding carboxylic acids is 2. The number of aromatic nitrogens is 2. The third-order valence-electron chi connectivity index (χ3n) is 7.11. The second-order valence-electron chi connectivity index (χ2n) is 9.53. The van der Waals surface area contributed by atoms with Gasteiger partial charge in [-0.3, -0.25) is 9.59 Å². The van der Waals surface area contributed by atoms with Gasteiger partial charge >= 0.3 is 6.18 Å². The lowest BCUT2D eigenvalue weighted by atomic mass is 9.78. The maximum atomic E-state index is 14.5. The van der Waals surface area contributed by atoms with Crippen LogP contribution < -0.4 is 21.5 Å². The number of thiazole rings is 1. The zero-order valence-corrected chi connectivity index (χ0v) is 22.9. The van der Waals surface area contributed by atoms with Crippen molar-refractivity contribution < 1.29 is 31.9 Å². The second-order valence-corrected chi connectivity index (χ2v) is 11.0. The molecule has 2 atom stereocenters. The quantitative estimate of drug-likeness (QED) is 0.243. The molecule has 5 rings (SSSR count). The van der Waals surface area contributed by atoms with Crippen molar-refractivity contribution in [3.8, 4) is 17.0 Å². The summed E-state index contributed by atoms with van der Waals surface area (Å²) >= 11 is 7.28. The van der Waals surface area contributed by atoms with Crippen LogP contribution in [0.5, 0.6) is 5.75 Å². The number of carbonyl (C=O) groups is 2. The number of pyridine rings is 1. The number of anilines is 1. The molecule has 0 unspecified atom stereocenters. The molecule has 2 aromatic carbocycles. The fourth-order valence-corrected chi connectivity index (χ4v) is 5.92. The molecular formula is C27H22ClF4N5O3S. The highest BCUT2D eigenvalue weighted by Crippen LogP contribution is 2.48. The van der Waals surface area contributed by atoms with Gasteiger partial charge in [0.1, 0.15) is 40.7 Å². The number of alkyl halides is 3. The Balaban J connectivity index is 1.56. The molecule has 1 aliphatic heterocycles. The monoisotopic (exact) mass is 607 g/mol. The van der Waals surface area contributed by atoms with E-state index in [-0.39, 0.29) is 51.3 Å². The lowest BCUT2D eigenvalue weighted by molar-refractivity contribution is -0.149. The highest BCUT2D eigenvalue weighted by Gasteiger charge is 2.49. The smallest absolute Gasteiger partial charge is 0.398 e. The van der Waals surface area contributed by atoms with E-state index in [0.717, 1.165) is 29.5 Å². The van der Waals surface area contributed by atoms with E-state index in [4.69, 9.17) is 27.8 Å². The van der Waals surface area contributed by atoms with Gasteiger partial charge in [0.05, 0.1) is 15.4 Å². The van der Waals surface area contributed by atoms with Crippen molar-refractivity contribution >= 4 is 50.1 Å². The molecule has 41 heavy (non-hydrogen) atoms. The summed E-state index contributed by atoms with van der Waals surface area (Å²) < 4.78 is 63.4. The molecule has 0 aliphatic carbocycles. The molecule has 2 amide bonds. The van der Waals surface area contributed by atoms with E-state index in [9.17, 15) is 27.2 Å². The van der Waals surface area contributed by atoms with E-state index in [2.05, 4.69) is 15.3 Å². The summed E-state index contributed by atoms with van der Waals surface area (Å²) in [4.78, 5) is 33.8. The zero-order chi connectivity index (χ0) is 29.7. The van der Waals surface area contributed by atoms with E-state index in [1.54, 1.807) is 6.92 Å². The first kappa shape index (κ1) is 28.6. The predicted octanol–water partition coefficient (Wildman–Crippen LogP) is 5.33. The van der Waals surface area contributed by atoms with Crippen LogP contribution in [-0.2, 0) is 10.2 Å². The minimum absolute atomic E-state index is 0.00494. The van der Waals surface area contributed by atoms with Crippen LogP contribution in [0.25, 0.3) is 21.5 Å². The number of nitrogens with two attached hydrogens (primary N) is 2. The van der Waals surface area contributed by atoms with Crippen LogP contribution in [0.15, 0.2) is 42.5 Å². The number of primary amides is 1. The minimum atomic E-state index is -4.86. The number of nitrogens with zero attached hydrogens (tertiary/aromatic N) is 2. The van der Waals surface area contributed by atoms with Gasteiger partial charge in [-0.1, -0.05) is 29.9 Å². The molecule has 8 nitrogen and oxygen atoms in total. The second kappa shape index (κ2) is 10.5. The SMILES string of the molecule is CC[C@]1(C(N)=O)COc2c1cc([C@@H](CNC(=O)c1cc(Cl)c3nc(N)sc3c1)C(F)(F)F)nc2-c1ccc(F)cc1. The Morgan fingerprint density at radius 3 is 2.54 bits per heavy atom. The van der Waals surface area contributed by atoms with Crippen molar-refractivity contribution in [3.05, 3.63) is 70.1 Å². The number of fused-ring (bicyclic) bond motifs is 2. The molecule has 214 valence electrons. The summed E-state index contributed by atoms with van der Waals surface area (Å²) in [7, 11) is 0. The van der Waals surface area contributed by atoms with Crippen LogP contribution in [0.2, 0.25) is 5.02 Å². The standard InChI is InChI=1S/C27H22ClF4N5O3S/c1-2-26(24(33)39)11-40-22-15(26)9-18(36-20(22)12-3-5-14(29)6-4-12)16(27(30,31)32)10-35-23(38)13-7-17(28)21-19(8-13)41-25(34)37-21/h3-9,16H,2,10-11H2,1H3,(H2,33,39)(H2,34,37)(H,35,38)/t16-,26+/m1/s1. The first-order valence-electron chi connectivity index (χ1n) is 12.3. The summed E-state index contributed by atoms with van der Waals surface area (Å²) in [6.45, 7) is 0.599. The van der Waals surface area contributed by atoms with Crippen molar-refractivity contribution in [1.29, 1.82) is 0 Å². The summed E-state index contributed by atoms with van der Waals surface area (Å²) in [5.74, 6) is -4.32. The fourth-order valence-electron chi connectivity index (χ4n) is 4.80. The van der Waals surface area contributed by atoms with Crippen molar-refractivity contribution in [2.24, 2.45) is 5.73 Å². The number of hydrogen-bond donors (Lipinski definition) is 3. The van der Waals surface area contributed by atoms with Gasteiger partial charge in [0.2, 0.25) is 5.91 Å². The molecule has 5 N–H and O–H groups in total. The molecule has 0 bridgehead atoms. The number of halogens is 5. The summed E-state index contributed by atoms with van der Waals surface area (Å²) in [5.41, 5.74) is 10.4. The van der Waals surface area contributed by atoms with Crippen molar-refractivity contribution in [2.75, 3.05) is 18.9 Å². The van der Waals surface area contributed by atoms with Gasteiger partial charge in [0, 0.05) is 23.2 Å². The molecule has 0 spiro atoms. The van der Waals surface area contributed by atoms with Crippen LogP contribution in [0.4, 0.5) is 22.7 Å². The average Bonchev–Trinajstić information content (AvgIpc) is 3.49. The lowest BCUT2D eigenvalue weighted by Crippen LogP contribution is -2.42. The number of amides is 2. The van der Waals surface area contributed by atoms with Crippen molar-refractivity contribution in [2.45, 2.75) is 30.9 Å². The maximum Gasteiger partial charge on any atom is 0.398 e. The van der Waals surface area contributed by atoms with Gasteiger partial charge < -0.3 is 21.5 Å². The number of ether oxygens (including phenoxy) is 1. The summed E-state index contributed by atoms with van der Waals surface area (Å²) in [5, 5.41) is 2.66. The van der Waals surface area contributed by atoms with E-state index in [1.807, 2.05) is 0 Å². The minimum Gasteiger partial charge on any atom is -0.489 e. The van der Waals surface area contributed by atoms with E-state index < -0.39 is 47.4 Å². The molecule has 0 radical (unpaired) electrons. The molecule has 0 saturated heterocycles. The largest absolute Gasteiger partial charge is 0.489 e. The van der Waals surface area contributed by atoms with Crippen molar-refractivity contribution in [1.82, 2.24) is 15.3 Å². The van der Waals surface area contributed by atoms with E-state index >= 15 is 0 Å². The third-order valence-corrected chi connectivity index (χ3v) is 8.23. The Kier molecular flexibility index (Phi) is 7.28. The normalized spacial score (nSPS) is 17.2. The average molecular weight is 608 g/mol. The molecule has 3 heterocycles. The molecule has 1 aliphatic rings. The highest BCUT2D eigenvalue weighted by atomic mass is 35.5. The van der Waals surface area contributed by atoms with Crippen LogP contribution >= 0.6 is 22.9 Å². The molecule has 0 fully saturated rings. The molecule has 14 heteroatoms.